The molecule has 0 spiro atoms. The van der Waals surface area contributed by atoms with Crippen molar-refractivity contribution in [2.24, 2.45) is 11.8 Å². The molecule has 0 amide bonds. The molecule has 2 nitrogen and oxygen atoms in total. The first-order valence-electron chi connectivity index (χ1n) is 9.51. The highest BCUT2D eigenvalue weighted by atomic mass is 32.2. The molecule has 0 bridgehead atoms. The van der Waals surface area contributed by atoms with E-state index in [0.29, 0.717) is 0 Å². The zero-order valence-corrected chi connectivity index (χ0v) is 17.3. The molecular formula is C20H40O2S. The summed E-state index contributed by atoms with van der Waals surface area (Å²) in [4.78, 5) is 12.4. The van der Waals surface area contributed by atoms with Crippen LogP contribution in [0.15, 0.2) is 0 Å². The first-order valence-corrected chi connectivity index (χ1v) is 10.7. The summed E-state index contributed by atoms with van der Waals surface area (Å²) in [7, 11) is 1.53. The van der Waals surface area contributed by atoms with Gasteiger partial charge in [-0.15, -0.1) is 11.8 Å². The molecule has 0 aromatic carbocycles. The monoisotopic (exact) mass is 344 g/mol. The Kier molecular flexibility index (Phi) is 13.0. The summed E-state index contributed by atoms with van der Waals surface area (Å²) in [5.41, 5.74) is 0. The third-order valence-electron chi connectivity index (χ3n) is 4.67. The van der Waals surface area contributed by atoms with Crippen molar-refractivity contribution in [3.05, 3.63) is 0 Å². The molecule has 0 saturated heterocycles. The van der Waals surface area contributed by atoms with Crippen molar-refractivity contribution >= 4 is 17.7 Å². The lowest BCUT2D eigenvalue weighted by atomic mass is 9.92. The zero-order valence-electron chi connectivity index (χ0n) is 16.5. The van der Waals surface area contributed by atoms with Gasteiger partial charge in [0.2, 0.25) is 0 Å². The van der Waals surface area contributed by atoms with Gasteiger partial charge in [0.05, 0.1) is 7.11 Å². The molecule has 0 radical (unpaired) electrons. The maximum Gasteiger partial charge on any atom is 0.321 e. The highest BCUT2D eigenvalue weighted by Crippen LogP contribution is 2.36. The number of esters is 1. The van der Waals surface area contributed by atoms with Crippen LogP contribution in [0.5, 0.6) is 0 Å². The molecule has 0 aliphatic carbocycles. The Labute approximate surface area is 149 Å². The minimum Gasteiger partial charge on any atom is -0.468 e. The number of methoxy groups -OCH3 is 1. The number of rotatable bonds is 14. The maximum absolute atomic E-state index is 12.4. The molecule has 0 atom stereocenters. The molecule has 0 aromatic rings. The molecule has 0 rings (SSSR count). The standard InChI is InChI=1S/C20H40O2S/c1-17(2)13-9-7-11-15-20(23-6,19(21)22-5)16-12-8-10-14-18(3)4/h17-18H,7-16H2,1-6H3. The second-order valence-corrected chi connectivity index (χ2v) is 8.87. The van der Waals surface area contributed by atoms with E-state index >= 15 is 0 Å². The molecule has 0 aromatic heterocycles. The predicted octanol–water partition coefficient (Wildman–Crippen LogP) is 6.47. The van der Waals surface area contributed by atoms with Crippen LogP contribution in [0.1, 0.15) is 91.9 Å². The van der Waals surface area contributed by atoms with E-state index in [1.54, 1.807) is 11.8 Å². The van der Waals surface area contributed by atoms with Crippen LogP contribution in [0, 0.1) is 11.8 Å². The third kappa shape index (κ3) is 10.3. The number of ether oxygens (including phenoxy) is 1. The van der Waals surface area contributed by atoms with E-state index in [1.807, 2.05) is 0 Å². The quantitative estimate of drug-likeness (QED) is 0.267. The topological polar surface area (TPSA) is 26.3 Å². The lowest BCUT2D eigenvalue weighted by Gasteiger charge is -2.29. The van der Waals surface area contributed by atoms with Gasteiger partial charge in [-0.1, -0.05) is 79.1 Å². The number of thioether (sulfide) groups is 1. The summed E-state index contributed by atoms with van der Waals surface area (Å²) in [6.07, 6.45) is 13.8. The normalized spacial score (nSPS) is 12.2. The van der Waals surface area contributed by atoms with Gasteiger partial charge >= 0.3 is 5.97 Å². The molecule has 23 heavy (non-hydrogen) atoms. The van der Waals surface area contributed by atoms with Gasteiger partial charge < -0.3 is 4.74 Å². The van der Waals surface area contributed by atoms with Gasteiger partial charge in [0, 0.05) is 0 Å². The van der Waals surface area contributed by atoms with Gasteiger partial charge in [-0.05, 0) is 30.9 Å². The van der Waals surface area contributed by atoms with E-state index in [9.17, 15) is 4.79 Å². The van der Waals surface area contributed by atoms with E-state index in [1.165, 1.54) is 45.6 Å². The van der Waals surface area contributed by atoms with E-state index in [2.05, 4.69) is 34.0 Å². The Bertz CT molecular complexity index is 282. The van der Waals surface area contributed by atoms with Crippen molar-refractivity contribution in [2.45, 2.75) is 96.7 Å². The van der Waals surface area contributed by atoms with Crippen LogP contribution in [-0.2, 0) is 9.53 Å². The Balaban J connectivity index is 4.32. The molecule has 3 heteroatoms. The first kappa shape index (κ1) is 22.8. The first-order chi connectivity index (χ1) is 10.9. The lowest BCUT2D eigenvalue weighted by molar-refractivity contribution is -0.144. The van der Waals surface area contributed by atoms with Crippen molar-refractivity contribution in [1.82, 2.24) is 0 Å². The molecule has 0 fully saturated rings. The summed E-state index contributed by atoms with van der Waals surface area (Å²) < 4.78 is 4.82. The molecule has 0 saturated carbocycles. The second kappa shape index (κ2) is 13.1. The van der Waals surface area contributed by atoms with Gasteiger partial charge in [-0.3, -0.25) is 4.79 Å². The van der Waals surface area contributed by atoms with Crippen molar-refractivity contribution in [3.8, 4) is 0 Å². The number of unbranched alkanes of at least 4 members (excludes halogenated alkanes) is 4. The van der Waals surface area contributed by atoms with Crippen molar-refractivity contribution in [1.29, 1.82) is 0 Å². The summed E-state index contributed by atoms with van der Waals surface area (Å²) in [6, 6.07) is 0. The predicted molar refractivity (Wildman–Crippen MR) is 104 cm³/mol. The Hall–Kier alpha value is -0.180. The van der Waals surface area contributed by atoms with Crippen LogP contribution in [-0.4, -0.2) is 24.1 Å². The Morgan fingerprint density at radius 1 is 0.870 bits per heavy atom. The summed E-state index contributed by atoms with van der Waals surface area (Å²) >= 11 is 1.70. The summed E-state index contributed by atoms with van der Waals surface area (Å²) in [5.74, 6) is 1.54. The van der Waals surface area contributed by atoms with Crippen LogP contribution in [0.3, 0.4) is 0 Å². The van der Waals surface area contributed by atoms with Gasteiger partial charge in [0.15, 0.2) is 0 Å². The van der Waals surface area contributed by atoms with Crippen LogP contribution in [0.4, 0.5) is 0 Å². The van der Waals surface area contributed by atoms with E-state index in [4.69, 9.17) is 4.74 Å². The number of carbonyl (C=O) groups is 1. The third-order valence-corrected chi connectivity index (χ3v) is 6.03. The number of hydrogen-bond donors (Lipinski definition) is 0. The SMILES string of the molecule is COC(=O)C(CCCCCC(C)C)(CCCCCC(C)C)SC. The fourth-order valence-corrected chi connectivity index (χ4v) is 4.03. The largest absolute Gasteiger partial charge is 0.468 e. The molecule has 138 valence electrons. The van der Waals surface area contributed by atoms with Gasteiger partial charge in [0.1, 0.15) is 4.75 Å². The fraction of sp³-hybridized carbons (Fsp3) is 0.950. The average molecular weight is 345 g/mol. The highest BCUT2D eigenvalue weighted by Gasteiger charge is 2.37. The average Bonchev–Trinajstić information content (AvgIpc) is 2.51. The van der Waals surface area contributed by atoms with E-state index < -0.39 is 0 Å². The minimum absolute atomic E-state index is 0.0160. The van der Waals surface area contributed by atoms with E-state index in [-0.39, 0.29) is 10.7 Å². The van der Waals surface area contributed by atoms with Crippen LogP contribution in [0.25, 0.3) is 0 Å². The molecule has 0 aliphatic rings. The summed E-state index contributed by atoms with van der Waals surface area (Å²) in [5, 5.41) is 0. The molecule has 0 aliphatic heterocycles. The second-order valence-electron chi connectivity index (χ2n) is 7.68. The molecule has 0 heterocycles. The van der Waals surface area contributed by atoms with Gasteiger partial charge in [0.25, 0.3) is 0 Å². The maximum atomic E-state index is 12.4. The van der Waals surface area contributed by atoms with Crippen molar-refractivity contribution in [3.63, 3.8) is 0 Å². The molecule has 0 unspecified atom stereocenters. The van der Waals surface area contributed by atoms with Crippen LogP contribution < -0.4 is 0 Å². The van der Waals surface area contributed by atoms with Gasteiger partial charge in [-0.25, -0.2) is 0 Å². The molecule has 0 N–H and O–H groups in total. The zero-order chi connectivity index (χ0) is 17.7. The fourth-order valence-electron chi connectivity index (χ4n) is 3.08. The smallest absolute Gasteiger partial charge is 0.321 e. The number of carbonyl (C=O) groups excluding carboxylic acids is 1. The van der Waals surface area contributed by atoms with Crippen LogP contribution in [0.2, 0.25) is 0 Å². The van der Waals surface area contributed by atoms with Crippen molar-refractivity contribution in [2.75, 3.05) is 13.4 Å². The van der Waals surface area contributed by atoms with E-state index in [0.717, 1.165) is 37.5 Å². The highest BCUT2D eigenvalue weighted by molar-refractivity contribution is 8.00. The lowest BCUT2D eigenvalue weighted by Crippen LogP contribution is -2.36. The Morgan fingerprint density at radius 2 is 1.30 bits per heavy atom. The molecular weight excluding hydrogens is 304 g/mol. The minimum atomic E-state index is -0.315. The van der Waals surface area contributed by atoms with Crippen LogP contribution >= 0.6 is 11.8 Å². The Morgan fingerprint density at radius 3 is 1.61 bits per heavy atom. The summed E-state index contributed by atoms with van der Waals surface area (Å²) in [6.45, 7) is 9.10. The van der Waals surface area contributed by atoms with Gasteiger partial charge in [-0.2, -0.15) is 0 Å². The van der Waals surface area contributed by atoms with Crippen molar-refractivity contribution < 1.29 is 9.53 Å². The number of hydrogen-bond acceptors (Lipinski definition) is 3.